The average Bonchev–Trinajstić information content (AvgIpc) is 3.08. The fourth-order valence-electron chi connectivity index (χ4n) is 3.23. The van der Waals surface area contributed by atoms with Crippen molar-refractivity contribution in [3.63, 3.8) is 0 Å². The van der Waals surface area contributed by atoms with Crippen molar-refractivity contribution < 1.29 is 14.1 Å². The van der Waals surface area contributed by atoms with Gasteiger partial charge in [0.1, 0.15) is 5.76 Å². The Balaban J connectivity index is 1.36. The number of aryl methyl sites for hydroxylation is 2. The first-order chi connectivity index (χ1) is 13.0. The quantitative estimate of drug-likeness (QED) is 0.832. The highest BCUT2D eigenvalue weighted by Gasteiger charge is 2.24. The third-order valence-electron chi connectivity index (χ3n) is 4.70. The van der Waals surface area contributed by atoms with Crippen LogP contribution in [0.5, 0.6) is 0 Å². The van der Waals surface area contributed by atoms with E-state index in [1.807, 2.05) is 31.2 Å². The minimum Gasteiger partial charge on any atom is -0.361 e. The van der Waals surface area contributed by atoms with Gasteiger partial charge in [0.15, 0.2) is 5.69 Å². The first-order valence-corrected chi connectivity index (χ1v) is 9.28. The molecule has 0 atom stereocenters. The minimum atomic E-state index is -0.0852. The highest BCUT2D eigenvalue weighted by atomic mass is 16.5. The number of amides is 2. The van der Waals surface area contributed by atoms with Gasteiger partial charge in [-0.05, 0) is 19.4 Å². The van der Waals surface area contributed by atoms with Crippen molar-refractivity contribution in [2.24, 2.45) is 0 Å². The first kappa shape index (κ1) is 19.1. The number of nitrogens with one attached hydrogen (secondary N) is 1. The van der Waals surface area contributed by atoms with E-state index in [9.17, 15) is 9.59 Å². The van der Waals surface area contributed by atoms with Gasteiger partial charge in [0.2, 0.25) is 5.91 Å². The molecule has 2 heterocycles. The fraction of sp³-hybridized carbons (Fsp3) is 0.450. The molecular formula is C20H26N4O3. The number of carbonyl (C=O) groups excluding carboxylic acids is 2. The fourth-order valence-corrected chi connectivity index (χ4v) is 3.23. The predicted molar refractivity (Wildman–Crippen MR) is 101 cm³/mol. The normalized spacial score (nSPS) is 15.0. The van der Waals surface area contributed by atoms with Crippen molar-refractivity contribution >= 4 is 11.8 Å². The number of piperazine rings is 1. The number of carbonyl (C=O) groups is 2. The summed E-state index contributed by atoms with van der Waals surface area (Å²) in [6.07, 6.45) is 0.404. The zero-order valence-corrected chi connectivity index (χ0v) is 15.9. The van der Waals surface area contributed by atoms with E-state index in [2.05, 4.69) is 15.4 Å². The number of rotatable bonds is 6. The molecule has 0 radical (unpaired) electrons. The van der Waals surface area contributed by atoms with Gasteiger partial charge in [-0.1, -0.05) is 35.0 Å². The van der Waals surface area contributed by atoms with Crippen LogP contribution in [0.2, 0.25) is 0 Å². The maximum absolute atomic E-state index is 12.3. The molecule has 0 unspecified atom stereocenters. The van der Waals surface area contributed by atoms with E-state index in [0.29, 0.717) is 37.5 Å². The zero-order valence-electron chi connectivity index (χ0n) is 15.9. The molecule has 7 nitrogen and oxygen atoms in total. The van der Waals surface area contributed by atoms with Crippen LogP contribution in [0.1, 0.15) is 27.4 Å². The molecule has 7 heteroatoms. The zero-order chi connectivity index (χ0) is 19.2. The lowest BCUT2D eigenvalue weighted by Gasteiger charge is -2.34. The maximum Gasteiger partial charge on any atom is 0.276 e. The monoisotopic (exact) mass is 370 g/mol. The van der Waals surface area contributed by atoms with Crippen molar-refractivity contribution in [2.75, 3.05) is 39.3 Å². The summed E-state index contributed by atoms with van der Waals surface area (Å²) in [7, 11) is 0. The molecule has 0 spiro atoms. The molecule has 1 aromatic carbocycles. The van der Waals surface area contributed by atoms with Gasteiger partial charge in [0, 0.05) is 45.3 Å². The van der Waals surface area contributed by atoms with Crippen LogP contribution in [0, 0.1) is 13.8 Å². The molecule has 1 aliphatic heterocycles. The maximum atomic E-state index is 12.3. The minimum absolute atomic E-state index is 0.0378. The van der Waals surface area contributed by atoms with Crippen molar-refractivity contribution in [3.05, 3.63) is 52.9 Å². The Bertz CT molecular complexity index is 794. The van der Waals surface area contributed by atoms with Crippen molar-refractivity contribution in [2.45, 2.75) is 20.3 Å². The molecule has 1 N–H and O–H groups in total. The molecule has 27 heavy (non-hydrogen) atoms. The van der Waals surface area contributed by atoms with Crippen molar-refractivity contribution in [3.8, 4) is 0 Å². The number of benzene rings is 1. The Labute approximate surface area is 159 Å². The topological polar surface area (TPSA) is 78.7 Å². The van der Waals surface area contributed by atoms with Crippen LogP contribution in [0.25, 0.3) is 0 Å². The SMILES string of the molecule is Cc1cccc(CC(=O)NCCN2CCN(C(=O)c3cc(C)on3)CC2)c1. The third kappa shape index (κ3) is 5.40. The lowest BCUT2D eigenvalue weighted by atomic mass is 10.1. The molecule has 0 bridgehead atoms. The van der Waals surface area contributed by atoms with Crippen LogP contribution in [-0.2, 0) is 11.2 Å². The van der Waals surface area contributed by atoms with Crippen molar-refractivity contribution in [1.82, 2.24) is 20.3 Å². The molecule has 1 fully saturated rings. The standard InChI is InChI=1S/C20H26N4O3/c1-15-4-3-5-17(12-15)14-19(25)21-6-7-23-8-10-24(11-9-23)20(26)18-13-16(2)27-22-18/h3-5,12-13H,6-11,14H2,1-2H3,(H,21,25). The molecule has 2 amide bonds. The molecule has 144 valence electrons. The smallest absolute Gasteiger partial charge is 0.276 e. The van der Waals surface area contributed by atoms with E-state index in [-0.39, 0.29) is 11.8 Å². The second-order valence-electron chi connectivity index (χ2n) is 6.97. The molecular weight excluding hydrogens is 344 g/mol. The summed E-state index contributed by atoms with van der Waals surface area (Å²) in [5, 5.41) is 6.77. The second kappa shape index (κ2) is 8.81. The highest BCUT2D eigenvalue weighted by molar-refractivity contribution is 5.92. The van der Waals surface area contributed by atoms with E-state index in [0.717, 1.165) is 30.8 Å². The summed E-state index contributed by atoms with van der Waals surface area (Å²) >= 11 is 0. The summed E-state index contributed by atoms with van der Waals surface area (Å²) in [6, 6.07) is 9.67. The molecule has 0 aliphatic carbocycles. The Kier molecular flexibility index (Phi) is 6.24. The molecule has 0 saturated carbocycles. The van der Waals surface area contributed by atoms with E-state index in [4.69, 9.17) is 4.52 Å². The molecule has 1 saturated heterocycles. The summed E-state index contributed by atoms with van der Waals surface area (Å²) in [4.78, 5) is 28.5. The van der Waals surface area contributed by atoms with Gasteiger partial charge in [-0.3, -0.25) is 14.5 Å². The molecule has 2 aromatic rings. The number of hydrogen-bond acceptors (Lipinski definition) is 5. The molecule has 1 aromatic heterocycles. The van der Waals surface area contributed by atoms with Gasteiger partial charge in [0.05, 0.1) is 6.42 Å². The van der Waals surface area contributed by atoms with Gasteiger partial charge in [-0.2, -0.15) is 0 Å². The van der Waals surface area contributed by atoms with E-state index in [1.54, 1.807) is 17.9 Å². The first-order valence-electron chi connectivity index (χ1n) is 9.28. The summed E-state index contributed by atoms with van der Waals surface area (Å²) in [5.74, 6) is 0.590. The third-order valence-corrected chi connectivity index (χ3v) is 4.70. The number of hydrogen-bond donors (Lipinski definition) is 1. The summed E-state index contributed by atoms with van der Waals surface area (Å²) in [6.45, 7) is 8.08. The average molecular weight is 370 g/mol. The summed E-state index contributed by atoms with van der Waals surface area (Å²) < 4.78 is 4.97. The van der Waals surface area contributed by atoms with Crippen LogP contribution in [0.3, 0.4) is 0 Å². The van der Waals surface area contributed by atoms with Crippen LogP contribution in [-0.4, -0.2) is 66.0 Å². The molecule has 1 aliphatic rings. The van der Waals surface area contributed by atoms with Crippen LogP contribution >= 0.6 is 0 Å². The Morgan fingerprint density at radius 3 is 2.59 bits per heavy atom. The second-order valence-corrected chi connectivity index (χ2v) is 6.97. The van der Waals surface area contributed by atoms with Gasteiger partial charge in [-0.25, -0.2) is 0 Å². The van der Waals surface area contributed by atoms with Crippen LogP contribution in [0.4, 0.5) is 0 Å². The Morgan fingerprint density at radius 2 is 1.93 bits per heavy atom. The number of aromatic nitrogens is 1. The molecule has 3 rings (SSSR count). The predicted octanol–water partition coefficient (Wildman–Crippen LogP) is 1.41. The van der Waals surface area contributed by atoms with E-state index in [1.165, 1.54) is 0 Å². The summed E-state index contributed by atoms with van der Waals surface area (Å²) in [5.41, 5.74) is 2.56. The van der Waals surface area contributed by atoms with Crippen LogP contribution < -0.4 is 5.32 Å². The number of nitrogens with zero attached hydrogens (tertiary/aromatic N) is 3. The Morgan fingerprint density at radius 1 is 1.15 bits per heavy atom. The van der Waals surface area contributed by atoms with Gasteiger partial charge in [-0.15, -0.1) is 0 Å². The largest absolute Gasteiger partial charge is 0.361 e. The van der Waals surface area contributed by atoms with Crippen molar-refractivity contribution in [1.29, 1.82) is 0 Å². The van der Waals surface area contributed by atoms with Crippen LogP contribution in [0.15, 0.2) is 34.9 Å². The Hall–Kier alpha value is -2.67. The van der Waals surface area contributed by atoms with Gasteiger partial charge < -0.3 is 14.7 Å². The highest BCUT2D eigenvalue weighted by Crippen LogP contribution is 2.09. The van der Waals surface area contributed by atoms with E-state index >= 15 is 0 Å². The lowest BCUT2D eigenvalue weighted by Crippen LogP contribution is -2.50. The van der Waals surface area contributed by atoms with Gasteiger partial charge >= 0.3 is 0 Å². The van der Waals surface area contributed by atoms with E-state index < -0.39 is 0 Å². The van der Waals surface area contributed by atoms with Gasteiger partial charge in [0.25, 0.3) is 5.91 Å². The lowest BCUT2D eigenvalue weighted by molar-refractivity contribution is -0.120.